The van der Waals surface area contributed by atoms with Crippen molar-refractivity contribution in [3.05, 3.63) is 136 Å². The Morgan fingerprint density at radius 2 is 1.56 bits per heavy atom. The Hall–Kier alpha value is -6.17. The van der Waals surface area contributed by atoms with Gasteiger partial charge in [0.05, 0.1) is 31.4 Å². The van der Waals surface area contributed by atoms with Crippen molar-refractivity contribution in [2.24, 2.45) is 7.05 Å². The molecule has 7 rings (SSSR count). The summed E-state index contributed by atoms with van der Waals surface area (Å²) in [7, 11) is -6.48. The number of pyridine rings is 2. The molecule has 0 bridgehead atoms. The molecule has 5 heterocycles. The van der Waals surface area contributed by atoms with Gasteiger partial charge in [-0.25, -0.2) is 20.8 Å². The summed E-state index contributed by atoms with van der Waals surface area (Å²) >= 11 is 0.902. The van der Waals surface area contributed by atoms with Crippen LogP contribution >= 0.6 is 11.3 Å². The van der Waals surface area contributed by atoms with Gasteiger partial charge < -0.3 is 20.2 Å². The number of hydrogen-bond acceptors (Lipinski definition) is 10. The third-order valence-electron chi connectivity index (χ3n) is 8.11. The minimum absolute atomic E-state index is 0.0157. The molecule has 52 heavy (non-hydrogen) atoms. The molecule has 7 aromatic rings. The van der Waals surface area contributed by atoms with Gasteiger partial charge in [0.25, 0.3) is 21.8 Å². The number of nitrogens with one attached hydrogen (secondary N) is 3. The number of aryl methyl sites for hydroxylation is 2. The van der Waals surface area contributed by atoms with E-state index in [9.17, 15) is 31.2 Å². The van der Waals surface area contributed by atoms with Crippen LogP contribution in [-0.4, -0.2) is 52.1 Å². The Morgan fingerprint density at radius 1 is 0.808 bits per heavy atom. The fourth-order valence-electron chi connectivity index (χ4n) is 5.46. The van der Waals surface area contributed by atoms with Crippen molar-refractivity contribution < 1.29 is 26.4 Å². The smallest absolute Gasteiger partial charge is 0.305 e. The van der Waals surface area contributed by atoms with Crippen LogP contribution in [0.15, 0.2) is 129 Å². The molecule has 17 heteroatoms. The molecule has 0 unspecified atom stereocenters. The Bertz CT molecular complexity index is 2800. The van der Waals surface area contributed by atoms with Crippen LogP contribution in [0.2, 0.25) is 0 Å². The average molecular weight is 754 g/mol. The molecular weight excluding hydrogens is 727 g/mol. The zero-order valence-electron chi connectivity index (χ0n) is 27.3. The summed E-state index contributed by atoms with van der Waals surface area (Å²) in [6.45, 7) is 1.82. The fourth-order valence-corrected chi connectivity index (χ4v) is 9.01. The van der Waals surface area contributed by atoms with Crippen molar-refractivity contribution in [3.8, 4) is 11.1 Å². The average Bonchev–Trinajstić information content (AvgIpc) is 3.86. The van der Waals surface area contributed by atoms with Crippen molar-refractivity contribution >= 4 is 64.6 Å². The molecule has 0 radical (unpaired) electrons. The number of fused-ring (bicyclic) bond motifs is 1. The Balaban J connectivity index is 1.07. The van der Waals surface area contributed by atoms with E-state index in [0.717, 1.165) is 20.9 Å². The van der Waals surface area contributed by atoms with Crippen LogP contribution in [0.4, 0.5) is 11.4 Å². The largest absolute Gasteiger partial charge is 0.339 e. The van der Waals surface area contributed by atoms with Crippen LogP contribution in [0.5, 0.6) is 0 Å². The number of sulfone groups is 1. The molecule has 0 atom stereocenters. The van der Waals surface area contributed by atoms with Crippen LogP contribution in [0.1, 0.15) is 26.5 Å². The molecule has 3 N–H and O–H groups in total. The summed E-state index contributed by atoms with van der Waals surface area (Å²) in [5.74, 6) is -1.07. The predicted molar refractivity (Wildman–Crippen MR) is 195 cm³/mol. The van der Waals surface area contributed by atoms with Gasteiger partial charge >= 0.3 is 4.87 Å². The van der Waals surface area contributed by atoms with Gasteiger partial charge in [-0.1, -0.05) is 29.5 Å². The van der Waals surface area contributed by atoms with Gasteiger partial charge in [0.1, 0.15) is 16.4 Å². The molecule has 0 fully saturated rings. The second kappa shape index (κ2) is 13.2. The number of rotatable bonds is 9. The van der Waals surface area contributed by atoms with Gasteiger partial charge in [0.15, 0.2) is 0 Å². The number of benzene rings is 2. The normalized spacial score (nSPS) is 11.8. The molecule has 262 valence electrons. The lowest BCUT2D eigenvalue weighted by molar-refractivity contribution is 0.101. The monoisotopic (exact) mass is 753 g/mol. The molecule has 0 aliphatic rings. The lowest BCUT2D eigenvalue weighted by Crippen LogP contribution is -2.14. The van der Waals surface area contributed by atoms with E-state index in [0.29, 0.717) is 21.3 Å². The van der Waals surface area contributed by atoms with Crippen LogP contribution in [-0.2, 0) is 26.9 Å². The molecule has 2 aromatic carbocycles. The van der Waals surface area contributed by atoms with E-state index in [1.165, 1.54) is 84.1 Å². The van der Waals surface area contributed by atoms with E-state index in [-0.39, 0.29) is 42.5 Å². The second-order valence-corrected chi connectivity index (χ2v) is 16.4. The van der Waals surface area contributed by atoms with E-state index in [1.807, 2.05) is 6.92 Å². The first kappa shape index (κ1) is 34.3. The summed E-state index contributed by atoms with van der Waals surface area (Å²) in [6.07, 6.45) is 6.98. The summed E-state index contributed by atoms with van der Waals surface area (Å²) in [5, 5.41) is 5.28. The van der Waals surface area contributed by atoms with Crippen LogP contribution < -0.4 is 15.5 Å². The highest BCUT2D eigenvalue weighted by molar-refractivity contribution is 7.91. The lowest BCUT2D eigenvalue weighted by atomic mass is 10.0. The van der Waals surface area contributed by atoms with Crippen molar-refractivity contribution in [1.82, 2.24) is 23.5 Å². The van der Waals surface area contributed by atoms with Crippen LogP contribution in [0, 0.1) is 6.92 Å². The minimum atomic E-state index is -4.03. The molecule has 5 aromatic heterocycles. The molecule has 14 nitrogen and oxygen atoms in total. The van der Waals surface area contributed by atoms with Crippen LogP contribution in [0.25, 0.3) is 21.3 Å². The highest BCUT2D eigenvalue weighted by Gasteiger charge is 2.24. The van der Waals surface area contributed by atoms with Gasteiger partial charge in [-0.15, -0.1) is 0 Å². The molecule has 0 aliphatic heterocycles. The van der Waals surface area contributed by atoms with Gasteiger partial charge in [-0.2, -0.15) is 0 Å². The fraction of sp³-hybridized carbons (Fsp3) is 0.0571. The Morgan fingerprint density at radius 3 is 2.29 bits per heavy atom. The first-order valence-electron chi connectivity index (χ1n) is 15.4. The number of carbonyl (C=O) groups is 2. The van der Waals surface area contributed by atoms with Gasteiger partial charge in [-0.3, -0.25) is 24.4 Å². The number of aromatic nitrogens is 5. The van der Waals surface area contributed by atoms with Gasteiger partial charge in [-0.05, 0) is 78.7 Å². The zero-order valence-corrected chi connectivity index (χ0v) is 29.7. The Kier molecular flexibility index (Phi) is 8.69. The molecule has 2 amide bonds. The SMILES string of the molecule is Cc1ccc(S(=O)(=O)c2cc(NC(=O)c3ccccn3)cn2C)cc1-c1ccc(C(=O)Nc2ccn(S(=O)(=O)c3ccc4[nH]c(=O)sc4c3)c2)nc1. The molecule has 0 spiro atoms. The number of H-pyrrole nitrogens is 1. The summed E-state index contributed by atoms with van der Waals surface area (Å²) < 4.78 is 56.9. The zero-order chi connectivity index (χ0) is 36.8. The van der Waals surface area contributed by atoms with Crippen LogP contribution in [0.3, 0.4) is 0 Å². The number of aromatic amines is 1. The second-order valence-electron chi connectivity index (χ2n) is 11.6. The van der Waals surface area contributed by atoms with E-state index in [2.05, 4.69) is 25.6 Å². The number of nitrogens with zero attached hydrogens (tertiary/aromatic N) is 4. The van der Waals surface area contributed by atoms with Crippen molar-refractivity contribution in [2.45, 2.75) is 21.7 Å². The number of amides is 2. The van der Waals surface area contributed by atoms with Crippen molar-refractivity contribution in [1.29, 1.82) is 0 Å². The van der Waals surface area contributed by atoms with E-state index >= 15 is 0 Å². The molecule has 0 aliphatic carbocycles. The van der Waals surface area contributed by atoms with Gasteiger partial charge in [0.2, 0.25) is 9.84 Å². The van der Waals surface area contributed by atoms with E-state index in [4.69, 9.17) is 0 Å². The summed E-state index contributed by atoms with van der Waals surface area (Å²) in [4.78, 5) is 47.9. The molecular formula is C35H27N7O7S3. The quantitative estimate of drug-likeness (QED) is 0.180. The standard InChI is InChI=1S/C35H27N7O7S3/c1-21-6-8-25(51(46,47)32-15-24(19-41(32)2)39-33(43)29-5-3-4-13-36-29)16-27(21)22-7-10-30(37-18-22)34(44)38-23-12-14-42(20-23)52(48,49)26-9-11-28-31(17-26)50-35(45)40-28/h3-20H,1-2H3,(H,38,44)(H,39,43)(H,40,45). The number of hydrogen-bond donors (Lipinski definition) is 3. The summed E-state index contributed by atoms with van der Waals surface area (Å²) in [5.41, 5.74) is 3.15. The van der Waals surface area contributed by atoms with Crippen molar-refractivity contribution in [3.63, 3.8) is 0 Å². The topological polar surface area (TPSA) is 195 Å². The maximum absolute atomic E-state index is 13.8. The molecule has 0 saturated heterocycles. The van der Waals surface area contributed by atoms with Gasteiger partial charge in [0, 0.05) is 43.6 Å². The number of carbonyl (C=O) groups excluding carboxylic acids is 2. The maximum Gasteiger partial charge on any atom is 0.305 e. The third kappa shape index (κ3) is 6.55. The number of anilines is 2. The third-order valence-corrected chi connectivity index (χ3v) is 12.4. The van der Waals surface area contributed by atoms with E-state index in [1.54, 1.807) is 37.4 Å². The summed E-state index contributed by atoms with van der Waals surface area (Å²) in [6, 6.07) is 19.8. The lowest BCUT2D eigenvalue weighted by Gasteiger charge is -2.11. The van der Waals surface area contributed by atoms with Crippen molar-refractivity contribution in [2.75, 3.05) is 10.6 Å². The first-order valence-corrected chi connectivity index (χ1v) is 19.1. The first-order chi connectivity index (χ1) is 24.8. The Labute approximate surface area is 300 Å². The highest BCUT2D eigenvalue weighted by Crippen LogP contribution is 2.31. The maximum atomic E-state index is 13.8. The minimum Gasteiger partial charge on any atom is -0.339 e. The number of thiazole rings is 1. The predicted octanol–water partition coefficient (Wildman–Crippen LogP) is 5.07. The molecule has 0 saturated carbocycles. The van der Waals surface area contributed by atoms with E-state index < -0.39 is 31.7 Å². The highest BCUT2D eigenvalue weighted by atomic mass is 32.2.